The average molecular weight is 352 g/mol. The highest BCUT2D eigenvalue weighted by Crippen LogP contribution is 2.29. The number of fused-ring (bicyclic) bond motifs is 1. The molecule has 0 aliphatic heterocycles. The summed E-state index contributed by atoms with van der Waals surface area (Å²) in [7, 11) is 1.47. The van der Waals surface area contributed by atoms with Gasteiger partial charge in [0.1, 0.15) is 5.75 Å². The van der Waals surface area contributed by atoms with E-state index in [4.69, 9.17) is 4.74 Å². The molecule has 4 nitrogen and oxygen atoms in total. The fourth-order valence-corrected chi connectivity index (χ4v) is 2.01. The molecule has 0 saturated heterocycles. The highest BCUT2D eigenvalue weighted by atomic mass is 19.3. The van der Waals surface area contributed by atoms with Gasteiger partial charge >= 0.3 is 0 Å². The number of allylic oxidation sites excluding steroid dienone is 1. The number of ether oxygens (including phenoxy) is 1. The van der Waals surface area contributed by atoms with E-state index in [0.717, 1.165) is 12.0 Å². The lowest BCUT2D eigenvalue weighted by Gasteiger charge is -2.13. The summed E-state index contributed by atoms with van der Waals surface area (Å²) in [5.41, 5.74) is -1.08. The van der Waals surface area contributed by atoms with E-state index in [1.165, 1.54) is 32.1 Å². The Kier molecular flexibility index (Phi) is 7.74. The first-order valence-electron chi connectivity index (χ1n) is 8.36. The summed E-state index contributed by atoms with van der Waals surface area (Å²) in [6.07, 6.45) is 3.08. The number of hydrogen-bond donors (Lipinski definition) is 1. The molecule has 138 valence electrons. The lowest BCUT2D eigenvalue weighted by Crippen LogP contribution is -2.26. The number of rotatable bonds is 6. The van der Waals surface area contributed by atoms with E-state index >= 15 is 0 Å². The van der Waals surface area contributed by atoms with Crippen LogP contribution in [-0.4, -0.2) is 17.1 Å². The molecule has 1 aromatic heterocycles. The molecule has 2 aromatic rings. The summed E-state index contributed by atoms with van der Waals surface area (Å²) in [6, 6.07) is 4.62. The molecular formula is C19H26F2N2O2. The van der Waals surface area contributed by atoms with Gasteiger partial charge in [-0.05, 0) is 18.1 Å². The molecule has 0 saturated carbocycles. The molecule has 0 fully saturated rings. The first-order valence-corrected chi connectivity index (χ1v) is 8.36. The third kappa shape index (κ3) is 5.66. The highest BCUT2D eigenvalue weighted by Gasteiger charge is 2.35. The van der Waals surface area contributed by atoms with E-state index in [1.54, 1.807) is 6.07 Å². The molecule has 0 bridgehead atoms. The molecule has 0 aliphatic carbocycles. The van der Waals surface area contributed by atoms with Gasteiger partial charge in [0.2, 0.25) is 0 Å². The second-order valence-electron chi connectivity index (χ2n) is 5.92. The van der Waals surface area contributed by atoms with E-state index in [-0.39, 0.29) is 5.52 Å². The smallest absolute Gasteiger partial charge is 0.298 e. The van der Waals surface area contributed by atoms with Crippen LogP contribution in [-0.2, 0) is 5.92 Å². The second-order valence-corrected chi connectivity index (χ2v) is 5.92. The lowest BCUT2D eigenvalue weighted by molar-refractivity contribution is -0.00662. The highest BCUT2D eigenvalue weighted by molar-refractivity contribution is 5.75. The third-order valence-corrected chi connectivity index (χ3v) is 4.04. The quantitative estimate of drug-likeness (QED) is 0.741. The minimum atomic E-state index is -3.33. The van der Waals surface area contributed by atoms with Gasteiger partial charge in [-0.3, -0.25) is 4.79 Å². The zero-order valence-electron chi connectivity index (χ0n) is 15.2. The van der Waals surface area contributed by atoms with Crippen LogP contribution in [0.3, 0.4) is 0 Å². The summed E-state index contributed by atoms with van der Waals surface area (Å²) < 4.78 is 32.4. The van der Waals surface area contributed by atoms with Crippen LogP contribution < -0.4 is 10.3 Å². The molecule has 2 rings (SSSR count). The first-order chi connectivity index (χ1) is 11.8. The maximum absolute atomic E-state index is 13.7. The van der Waals surface area contributed by atoms with Crippen molar-refractivity contribution in [2.75, 3.05) is 7.11 Å². The molecule has 0 amide bonds. The van der Waals surface area contributed by atoms with Crippen molar-refractivity contribution in [1.29, 1.82) is 0 Å². The number of methoxy groups -OCH3 is 1. The van der Waals surface area contributed by atoms with Gasteiger partial charge in [-0.1, -0.05) is 39.7 Å². The molecule has 25 heavy (non-hydrogen) atoms. The number of alkyl halides is 2. The standard InChI is InChI=1S/C13H12F2N2O2.C6H14/c1-3-6-13(14,15)11-12(18)17-10-7-8(19-2)4-5-9(10)16-11;1-4-6(3)5-2/h3-5,7H,1,6H2,2H3,(H,17,18);6H,4-5H2,1-3H3. The second kappa shape index (κ2) is 9.30. The third-order valence-electron chi connectivity index (χ3n) is 4.04. The van der Waals surface area contributed by atoms with Crippen LogP contribution >= 0.6 is 0 Å². The predicted octanol–water partition coefficient (Wildman–Crippen LogP) is 5.04. The maximum atomic E-state index is 13.7. The molecule has 1 aromatic carbocycles. The Morgan fingerprint density at radius 3 is 2.48 bits per heavy atom. The van der Waals surface area contributed by atoms with Gasteiger partial charge in [-0.15, -0.1) is 6.58 Å². The van der Waals surface area contributed by atoms with E-state index in [2.05, 4.69) is 37.3 Å². The van der Waals surface area contributed by atoms with Gasteiger partial charge in [-0.2, -0.15) is 8.78 Å². The maximum Gasteiger partial charge on any atom is 0.298 e. The van der Waals surface area contributed by atoms with Crippen molar-refractivity contribution in [2.24, 2.45) is 5.92 Å². The number of halogens is 2. The Hall–Kier alpha value is -2.24. The average Bonchev–Trinajstić information content (AvgIpc) is 2.60. The van der Waals surface area contributed by atoms with Crippen LogP contribution in [0.4, 0.5) is 8.78 Å². The fraction of sp³-hybridized carbons (Fsp3) is 0.474. The van der Waals surface area contributed by atoms with Gasteiger partial charge in [-0.25, -0.2) is 4.98 Å². The Morgan fingerprint density at radius 2 is 2.00 bits per heavy atom. The molecule has 0 unspecified atom stereocenters. The fourth-order valence-electron chi connectivity index (χ4n) is 2.01. The van der Waals surface area contributed by atoms with Crippen LogP contribution in [0.15, 0.2) is 35.6 Å². The number of H-pyrrole nitrogens is 1. The van der Waals surface area contributed by atoms with Crippen LogP contribution in [0.25, 0.3) is 11.0 Å². The summed E-state index contributed by atoms with van der Waals surface area (Å²) in [6.45, 7) is 9.99. The molecular weight excluding hydrogens is 326 g/mol. The number of nitrogens with one attached hydrogen (secondary N) is 1. The first kappa shape index (κ1) is 20.8. The SMILES string of the molecule is C=CCC(F)(F)c1nc2ccc(OC)cc2[nH]c1=O.CCC(C)CC. The predicted molar refractivity (Wildman–Crippen MR) is 97.4 cm³/mol. The topological polar surface area (TPSA) is 55.0 Å². The largest absolute Gasteiger partial charge is 0.497 e. The van der Waals surface area contributed by atoms with Crippen molar-refractivity contribution in [3.8, 4) is 5.75 Å². The van der Waals surface area contributed by atoms with Crippen molar-refractivity contribution in [2.45, 2.75) is 46.0 Å². The van der Waals surface area contributed by atoms with Crippen LogP contribution in [0.1, 0.15) is 45.7 Å². The number of benzene rings is 1. The van der Waals surface area contributed by atoms with Crippen molar-refractivity contribution in [1.82, 2.24) is 9.97 Å². The van der Waals surface area contributed by atoms with E-state index in [9.17, 15) is 13.6 Å². The van der Waals surface area contributed by atoms with E-state index in [1.807, 2.05) is 0 Å². The molecule has 0 aliphatic rings. The number of hydrogen-bond acceptors (Lipinski definition) is 3. The van der Waals surface area contributed by atoms with Crippen LogP contribution in [0, 0.1) is 5.92 Å². The Balaban J connectivity index is 0.000000450. The number of nitrogens with zero attached hydrogens (tertiary/aromatic N) is 1. The zero-order chi connectivity index (χ0) is 19.0. The number of aromatic amines is 1. The van der Waals surface area contributed by atoms with Crippen LogP contribution in [0.5, 0.6) is 5.75 Å². The van der Waals surface area contributed by atoms with Gasteiger partial charge in [0, 0.05) is 12.5 Å². The molecule has 6 heteroatoms. The van der Waals surface area contributed by atoms with Crippen molar-refractivity contribution >= 4 is 11.0 Å². The van der Waals surface area contributed by atoms with Gasteiger partial charge in [0.15, 0.2) is 5.69 Å². The minimum Gasteiger partial charge on any atom is -0.497 e. The summed E-state index contributed by atoms with van der Waals surface area (Å²) >= 11 is 0. The molecule has 1 heterocycles. The van der Waals surface area contributed by atoms with Gasteiger partial charge < -0.3 is 9.72 Å². The van der Waals surface area contributed by atoms with Crippen LogP contribution in [0.2, 0.25) is 0 Å². The monoisotopic (exact) mass is 352 g/mol. The van der Waals surface area contributed by atoms with Crippen molar-refractivity contribution in [3.63, 3.8) is 0 Å². The Morgan fingerprint density at radius 1 is 1.36 bits per heavy atom. The zero-order valence-corrected chi connectivity index (χ0v) is 15.2. The summed E-state index contributed by atoms with van der Waals surface area (Å²) in [5, 5.41) is 0. The van der Waals surface area contributed by atoms with Crippen molar-refractivity contribution in [3.05, 3.63) is 46.9 Å². The molecule has 0 spiro atoms. The molecule has 0 radical (unpaired) electrons. The summed E-state index contributed by atoms with van der Waals surface area (Å²) in [5.74, 6) is -1.88. The van der Waals surface area contributed by atoms with E-state index < -0.39 is 23.6 Å². The van der Waals surface area contributed by atoms with Gasteiger partial charge in [0.25, 0.3) is 11.5 Å². The minimum absolute atomic E-state index is 0.277. The number of aromatic nitrogens is 2. The van der Waals surface area contributed by atoms with Crippen molar-refractivity contribution < 1.29 is 13.5 Å². The van der Waals surface area contributed by atoms with E-state index in [0.29, 0.717) is 11.3 Å². The normalized spacial score (nSPS) is 11.2. The molecule has 1 N–H and O–H groups in total. The molecule has 0 atom stereocenters. The Bertz CT molecular complexity index is 753. The lowest BCUT2D eigenvalue weighted by atomic mass is 10.1. The summed E-state index contributed by atoms with van der Waals surface area (Å²) in [4.78, 5) is 17.8. The van der Waals surface area contributed by atoms with Gasteiger partial charge in [0.05, 0.1) is 18.1 Å². The Labute approximate surface area is 146 Å².